The summed E-state index contributed by atoms with van der Waals surface area (Å²) in [4.78, 5) is 11.7. The number of fused-ring (bicyclic) bond motifs is 2. The third-order valence-electron chi connectivity index (χ3n) is 5.74. The number of esters is 1. The van der Waals surface area contributed by atoms with Crippen molar-refractivity contribution in [3.63, 3.8) is 0 Å². The van der Waals surface area contributed by atoms with Crippen molar-refractivity contribution in [2.45, 2.75) is 52.2 Å². The summed E-state index contributed by atoms with van der Waals surface area (Å²) in [5.74, 6) is 0.494. The van der Waals surface area contributed by atoms with Crippen molar-refractivity contribution in [2.75, 3.05) is 0 Å². The summed E-state index contributed by atoms with van der Waals surface area (Å²) in [6, 6.07) is 0. The van der Waals surface area contributed by atoms with Gasteiger partial charge in [-0.1, -0.05) is 26.3 Å². The van der Waals surface area contributed by atoms with E-state index in [4.69, 9.17) is 4.74 Å². The van der Waals surface area contributed by atoms with Gasteiger partial charge in [-0.3, -0.25) is 4.79 Å². The van der Waals surface area contributed by atoms with Gasteiger partial charge >= 0.3 is 5.97 Å². The minimum atomic E-state index is -0.211. The molecule has 3 nitrogen and oxygen atoms in total. The van der Waals surface area contributed by atoms with E-state index in [1.54, 1.807) is 0 Å². The van der Waals surface area contributed by atoms with Crippen LogP contribution in [0.1, 0.15) is 40.0 Å². The zero-order valence-electron chi connectivity index (χ0n) is 11.3. The van der Waals surface area contributed by atoms with Gasteiger partial charge in [0.15, 0.2) is 0 Å². The van der Waals surface area contributed by atoms with Crippen LogP contribution in [0.4, 0.5) is 0 Å². The fraction of sp³-hybridized carbons (Fsp3) is 0.800. The first-order chi connectivity index (χ1) is 8.43. The van der Waals surface area contributed by atoms with E-state index in [0.29, 0.717) is 5.92 Å². The largest absolute Gasteiger partial charge is 0.458 e. The van der Waals surface area contributed by atoms with Crippen molar-refractivity contribution < 1.29 is 14.6 Å². The van der Waals surface area contributed by atoms with Crippen molar-refractivity contribution >= 4 is 5.97 Å². The van der Waals surface area contributed by atoms with Gasteiger partial charge in [0.05, 0.1) is 12.0 Å². The van der Waals surface area contributed by atoms with Crippen molar-refractivity contribution in [2.24, 2.45) is 23.2 Å². The number of carbonyl (C=O) groups is 1. The maximum Gasteiger partial charge on any atom is 0.309 e. The van der Waals surface area contributed by atoms with Gasteiger partial charge in [0, 0.05) is 5.92 Å². The molecule has 0 aromatic carbocycles. The molecule has 1 saturated heterocycles. The molecular weight excluding hydrogens is 228 g/mol. The highest BCUT2D eigenvalue weighted by molar-refractivity contribution is 5.75. The van der Waals surface area contributed by atoms with Crippen molar-refractivity contribution in [3.8, 4) is 0 Å². The van der Waals surface area contributed by atoms with Crippen LogP contribution in [0.25, 0.3) is 0 Å². The lowest BCUT2D eigenvalue weighted by Crippen LogP contribution is -2.45. The summed E-state index contributed by atoms with van der Waals surface area (Å²) in [5, 5.41) is 10.1. The van der Waals surface area contributed by atoms with Gasteiger partial charge in [0.25, 0.3) is 0 Å². The molecule has 0 spiro atoms. The van der Waals surface area contributed by atoms with Crippen LogP contribution < -0.4 is 0 Å². The van der Waals surface area contributed by atoms with Gasteiger partial charge in [0.2, 0.25) is 0 Å². The van der Waals surface area contributed by atoms with E-state index < -0.39 is 0 Å². The van der Waals surface area contributed by atoms with Gasteiger partial charge in [-0.15, -0.1) is 0 Å². The Labute approximate surface area is 108 Å². The van der Waals surface area contributed by atoms with Gasteiger partial charge in [0.1, 0.15) is 6.10 Å². The molecule has 0 aromatic heterocycles. The number of hydrogen-bond donors (Lipinski definition) is 1. The molecule has 100 valence electrons. The first-order valence-electron chi connectivity index (χ1n) is 7.03. The summed E-state index contributed by atoms with van der Waals surface area (Å²) in [7, 11) is 0. The SMILES string of the molecule is CC1C(=O)OC2C=C3CCC(O)C(C)C3(C)CC21. The fourth-order valence-electron chi connectivity index (χ4n) is 4.07. The van der Waals surface area contributed by atoms with Crippen LogP contribution in [0.3, 0.4) is 0 Å². The molecule has 3 rings (SSSR count). The second kappa shape index (κ2) is 3.83. The Kier molecular flexibility index (Phi) is 2.60. The normalized spacial score (nSPS) is 51.2. The van der Waals surface area contributed by atoms with Gasteiger partial charge < -0.3 is 9.84 Å². The molecule has 3 aliphatic rings. The van der Waals surface area contributed by atoms with Crippen LogP contribution in [-0.2, 0) is 9.53 Å². The average molecular weight is 250 g/mol. The number of aliphatic hydroxyl groups is 1. The van der Waals surface area contributed by atoms with E-state index in [9.17, 15) is 9.90 Å². The van der Waals surface area contributed by atoms with E-state index in [1.165, 1.54) is 5.57 Å². The molecule has 1 aliphatic heterocycles. The fourth-order valence-corrected chi connectivity index (χ4v) is 4.07. The van der Waals surface area contributed by atoms with Crippen LogP contribution in [-0.4, -0.2) is 23.3 Å². The van der Waals surface area contributed by atoms with E-state index in [1.807, 2.05) is 6.92 Å². The average Bonchev–Trinajstić information content (AvgIpc) is 2.60. The van der Waals surface area contributed by atoms with E-state index in [0.717, 1.165) is 19.3 Å². The third-order valence-corrected chi connectivity index (χ3v) is 5.74. The number of rotatable bonds is 0. The molecule has 1 saturated carbocycles. The zero-order valence-corrected chi connectivity index (χ0v) is 11.3. The van der Waals surface area contributed by atoms with Crippen LogP contribution in [0.15, 0.2) is 11.6 Å². The Morgan fingerprint density at radius 3 is 2.89 bits per heavy atom. The standard InChI is InChI=1S/C15H22O3/c1-8-11-7-15(3)9(2)12(16)5-4-10(15)6-13(11)18-14(8)17/h6,8-9,11-13,16H,4-5,7H2,1-3H3. The second-order valence-corrected chi connectivity index (χ2v) is 6.56. The molecule has 0 amide bonds. The molecule has 6 unspecified atom stereocenters. The van der Waals surface area contributed by atoms with Gasteiger partial charge in [-0.25, -0.2) is 0 Å². The topological polar surface area (TPSA) is 46.5 Å². The second-order valence-electron chi connectivity index (χ2n) is 6.56. The molecule has 2 aliphatic carbocycles. The summed E-state index contributed by atoms with van der Waals surface area (Å²) < 4.78 is 5.46. The van der Waals surface area contributed by atoms with E-state index in [-0.39, 0.29) is 35.4 Å². The number of allylic oxidation sites excluding steroid dienone is 1. The van der Waals surface area contributed by atoms with Crippen LogP contribution in [0, 0.1) is 23.2 Å². The van der Waals surface area contributed by atoms with Crippen LogP contribution in [0.5, 0.6) is 0 Å². The highest BCUT2D eigenvalue weighted by Crippen LogP contribution is 2.55. The minimum Gasteiger partial charge on any atom is -0.458 e. The molecule has 18 heavy (non-hydrogen) atoms. The molecule has 0 bridgehead atoms. The molecular formula is C15H22O3. The molecule has 3 heteroatoms. The van der Waals surface area contributed by atoms with Crippen molar-refractivity contribution in [3.05, 3.63) is 11.6 Å². The van der Waals surface area contributed by atoms with Crippen molar-refractivity contribution in [1.29, 1.82) is 0 Å². The molecule has 0 aromatic rings. The molecule has 2 fully saturated rings. The Bertz CT molecular complexity index is 414. The molecule has 1 heterocycles. The smallest absolute Gasteiger partial charge is 0.309 e. The predicted molar refractivity (Wildman–Crippen MR) is 67.7 cm³/mol. The summed E-state index contributed by atoms with van der Waals surface area (Å²) >= 11 is 0. The first-order valence-corrected chi connectivity index (χ1v) is 7.03. The molecule has 1 N–H and O–H groups in total. The highest BCUT2D eigenvalue weighted by Gasteiger charge is 2.52. The lowest BCUT2D eigenvalue weighted by Gasteiger charge is -2.49. The summed E-state index contributed by atoms with van der Waals surface area (Å²) in [6.45, 7) is 6.36. The maximum absolute atomic E-state index is 11.7. The number of aliphatic hydroxyl groups excluding tert-OH is 1. The van der Waals surface area contributed by atoms with Gasteiger partial charge in [-0.2, -0.15) is 0 Å². The molecule has 6 atom stereocenters. The third kappa shape index (κ3) is 1.49. The number of carbonyl (C=O) groups excluding carboxylic acids is 1. The van der Waals surface area contributed by atoms with Crippen molar-refractivity contribution in [1.82, 2.24) is 0 Å². The number of hydrogen-bond acceptors (Lipinski definition) is 3. The summed E-state index contributed by atoms with van der Waals surface area (Å²) in [6.07, 6.45) is 4.70. The number of ether oxygens (including phenoxy) is 1. The van der Waals surface area contributed by atoms with Crippen LogP contribution >= 0.6 is 0 Å². The maximum atomic E-state index is 11.7. The van der Waals surface area contributed by atoms with Gasteiger partial charge in [-0.05, 0) is 36.7 Å². The molecule has 0 radical (unpaired) electrons. The quantitative estimate of drug-likeness (QED) is 0.530. The lowest BCUT2D eigenvalue weighted by molar-refractivity contribution is -0.142. The Morgan fingerprint density at radius 1 is 1.44 bits per heavy atom. The summed E-state index contributed by atoms with van der Waals surface area (Å²) in [5.41, 5.74) is 1.43. The Hall–Kier alpha value is -0.830. The van der Waals surface area contributed by atoms with E-state index >= 15 is 0 Å². The van der Waals surface area contributed by atoms with E-state index in [2.05, 4.69) is 19.9 Å². The minimum absolute atomic E-state index is 0.00380. The highest BCUT2D eigenvalue weighted by atomic mass is 16.6. The zero-order chi connectivity index (χ0) is 13.1. The monoisotopic (exact) mass is 250 g/mol. The Balaban J connectivity index is 1.97. The first kappa shape index (κ1) is 12.2. The lowest BCUT2D eigenvalue weighted by atomic mass is 9.56. The Morgan fingerprint density at radius 2 is 2.17 bits per heavy atom. The van der Waals surface area contributed by atoms with Crippen LogP contribution in [0.2, 0.25) is 0 Å². The predicted octanol–water partition coefficient (Wildman–Crippen LogP) is 2.29.